The molecule has 1 aromatic heterocycles. The molecule has 3 fully saturated rings. The smallest absolute Gasteiger partial charge is 0.255 e. The number of ether oxygens (including phenoxy) is 1. The van der Waals surface area contributed by atoms with Crippen LogP contribution in [0.4, 0.5) is 0 Å². The van der Waals surface area contributed by atoms with Crippen LogP contribution in [-0.2, 0) is 16.1 Å². The van der Waals surface area contributed by atoms with Gasteiger partial charge in [0, 0.05) is 60.5 Å². The quantitative estimate of drug-likeness (QED) is 0.623. The first-order chi connectivity index (χ1) is 17.5. The van der Waals surface area contributed by atoms with Crippen molar-refractivity contribution in [2.24, 2.45) is 0 Å². The lowest BCUT2D eigenvalue weighted by molar-refractivity contribution is -0.136. The third-order valence-electron chi connectivity index (χ3n) is 7.99. The maximum absolute atomic E-state index is 13.0. The summed E-state index contributed by atoms with van der Waals surface area (Å²) >= 11 is 6.15. The number of pyridine rings is 1. The summed E-state index contributed by atoms with van der Waals surface area (Å²) in [5.41, 5.74) is 2.52. The van der Waals surface area contributed by atoms with Crippen molar-refractivity contribution in [2.45, 2.75) is 69.2 Å². The van der Waals surface area contributed by atoms with Crippen LogP contribution >= 0.6 is 11.6 Å². The van der Waals surface area contributed by atoms with Gasteiger partial charge in [-0.3, -0.25) is 29.6 Å². The van der Waals surface area contributed by atoms with E-state index in [-0.39, 0.29) is 24.3 Å². The number of aromatic nitrogens is 1. The second-order valence-electron chi connectivity index (χ2n) is 10.3. The van der Waals surface area contributed by atoms with E-state index in [2.05, 4.69) is 15.2 Å². The van der Waals surface area contributed by atoms with Gasteiger partial charge in [-0.25, -0.2) is 0 Å². The van der Waals surface area contributed by atoms with E-state index in [1.165, 1.54) is 6.42 Å². The maximum Gasteiger partial charge on any atom is 0.255 e. The van der Waals surface area contributed by atoms with E-state index < -0.39 is 11.9 Å². The van der Waals surface area contributed by atoms with Gasteiger partial charge in [0.2, 0.25) is 11.8 Å². The van der Waals surface area contributed by atoms with Crippen molar-refractivity contribution in [3.63, 3.8) is 0 Å². The number of carbonyl (C=O) groups is 3. The number of carbonyl (C=O) groups excluding carboxylic acids is 3. The zero-order chi connectivity index (χ0) is 24.8. The van der Waals surface area contributed by atoms with Gasteiger partial charge in [-0.1, -0.05) is 18.0 Å². The number of benzene rings is 1. The molecule has 2 aromatic rings. The molecule has 0 bridgehead atoms. The normalized spacial score (nSPS) is 27.0. The molecular weight excluding hydrogens is 480 g/mol. The highest BCUT2D eigenvalue weighted by atomic mass is 35.5. The van der Waals surface area contributed by atoms with Gasteiger partial charge in [-0.15, -0.1) is 0 Å². The molecule has 188 valence electrons. The molecule has 2 unspecified atom stereocenters. The lowest BCUT2D eigenvalue weighted by atomic mass is 9.85. The molecule has 2 saturated heterocycles. The fraction of sp³-hybridized carbons (Fsp3) is 0.481. The molecular formula is C27H29ClN4O4. The summed E-state index contributed by atoms with van der Waals surface area (Å²) in [5.74, 6) is 0.320. The van der Waals surface area contributed by atoms with Crippen molar-refractivity contribution in [2.75, 3.05) is 13.1 Å². The first kappa shape index (κ1) is 23.4. The number of amides is 3. The second-order valence-corrected chi connectivity index (χ2v) is 10.7. The van der Waals surface area contributed by atoms with E-state index in [4.69, 9.17) is 16.3 Å². The predicted molar refractivity (Wildman–Crippen MR) is 133 cm³/mol. The van der Waals surface area contributed by atoms with Gasteiger partial charge in [-0.05, 0) is 61.6 Å². The topological polar surface area (TPSA) is 91.8 Å². The molecule has 4 aliphatic rings. The zero-order valence-electron chi connectivity index (χ0n) is 20.0. The van der Waals surface area contributed by atoms with E-state index in [9.17, 15) is 14.4 Å². The summed E-state index contributed by atoms with van der Waals surface area (Å²) in [6.45, 7) is 2.27. The first-order valence-electron chi connectivity index (χ1n) is 12.8. The van der Waals surface area contributed by atoms with Crippen molar-refractivity contribution < 1.29 is 19.1 Å². The van der Waals surface area contributed by atoms with Gasteiger partial charge in [-0.2, -0.15) is 0 Å². The fourth-order valence-corrected chi connectivity index (χ4v) is 6.21. The molecule has 1 N–H and O–H groups in total. The minimum absolute atomic E-state index is 0.0911. The highest BCUT2D eigenvalue weighted by molar-refractivity contribution is 6.30. The summed E-state index contributed by atoms with van der Waals surface area (Å²) < 4.78 is 6.53. The average molecular weight is 509 g/mol. The van der Waals surface area contributed by atoms with Crippen LogP contribution in [0.3, 0.4) is 0 Å². The van der Waals surface area contributed by atoms with E-state index >= 15 is 0 Å². The Bertz CT molecular complexity index is 1210. The van der Waals surface area contributed by atoms with E-state index in [0.29, 0.717) is 30.5 Å². The molecule has 3 atom stereocenters. The van der Waals surface area contributed by atoms with Crippen LogP contribution in [0.25, 0.3) is 0 Å². The third-order valence-corrected chi connectivity index (χ3v) is 8.23. The number of nitrogens with one attached hydrogen (secondary N) is 1. The lowest BCUT2D eigenvalue weighted by Crippen LogP contribution is -2.57. The fourth-order valence-electron chi connectivity index (χ4n) is 6.05. The number of fused-ring (bicyclic) bond motifs is 1. The van der Waals surface area contributed by atoms with Crippen LogP contribution in [0.15, 0.2) is 36.5 Å². The minimum atomic E-state index is -0.608. The number of rotatable bonds is 5. The number of hydrogen-bond donors (Lipinski definition) is 1. The summed E-state index contributed by atoms with van der Waals surface area (Å²) in [5, 5.41) is 3.08. The van der Waals surface area contributed by atoms with Gasteiger partial charge in [0.15, 0.2) is 0 Å². The average Bonchev–Trinajstić information content (AvgIpc) is 3.15. The van der Waals surface area contributed by atoms with E-state index in [0.717, 1.165) is 54.4 Å². The number of imide groups is 1. The summed E-state index contributed by atoms with van der Waals surface area (Å²) in [4.78, 5) is 45.4. The van der Waals surface area contributed by atoms with Crippen molar-refractivity contribution >= 4 is 29.3 Å². The SMILES string of the molecule is O=C1CCC(N2Cc3cc(O[C@H]4CCCCC4N4CC(c5cc(Cl)ccn5)C4)ccc3C2=O)C(=O)N1. The van der Waals surface area contributed by atoms with Crippen LogP contribution in [0.5, 0.6) is 5.75 Å². The molecule has 6 rings (SSSR count). The summed E-state index contributed by atoms with van der Waals surface area (Å²) in [6, 6.07) is 9.13. The summed E-state index contributed by atoms with van der Waals surface area (Å²) in [7, 11) is 0. The Morgan fingerprint density at radius 1 is 1.03 bits per heavy atom. The molecule has 9 heteroatoms. The molecule has 1 aromatic carbocycles. The molecule has 0 radical (unpaired) electrons. The maximum atomic E-state index is 13.0. The Hall–Kier alpha value is -2.97. The molecule has 4 heterocycles. The van der Waals surface area contributed by atoms with Gasteiger partial charge in [0.25, 0.3) is 5.91 Å². The van der Waals surface area contributed by atoms with Gasteiger partial charge in [0.1, 0.15) is 17.9 Å². The Morgan fingerprint density at radius 3 is 2.67 bits per heavy atom. The number of halogens is 1. The number of hydrogen-bond acceptors (Lipinski definition) is 6. The number of nitrogens with zero attached hydrogens (tertiary/aromatic N) is 3. The molecule has 3 aliphatic heterocycles. The summed E-state index contributed by atoms with van der Waals surface area (Å²) in [6.07, 6.45) is 6.91. The van der Waals surface area contributed by atoms with E-state index in [1.807, 2.05) is 18.2 Å². The van der Waals surface area contributed by atoms with Crippen LogP contribution in [0.2, 0.25) is 5.02 Å². The minimum Gasteiger partial charge on any atom is -0.489 e. The van der Waals surface area contributed by atoms with Gasteiger partial charge < -0.3 is 9.64 Å². The van der Waals surface area contributed by atoms with E-state index in [1.54, 1.807) is 23.2 Å². The van der Waals surface area contributed by atoms with Crippen molar-refractivity contribution in [3.8, 4) is 5.75 Å². The first-order valence-corrected chi connectivity index (χ1v) is 13.1. The van der Waals surface area contributed by atoms with Crippen LogP contribution in [0.1, 0.15) is 66.1 Å². The zero-order valence-corrected chi connectivity index (χ0v) is 20.7. The Balaban J connectivity index is 1.12. The van der Waals surface area contributed by atoms with Crippen LogP contribution in [0, 0.1) is 0 Å². The largest absolute Gasteiger partial charge is 0.489 e. The Morgan fingerprint density at radius 2 is 1.86 bits per heavy atom. The van der Waals surface area contributed by atoms with Gasteiger partial charge >= 0.3 is 0 Å². The number of likely N-dealkylation sites (tertiary alicyclic amines) is 1. The molecule has 36 heavy (non-hydrogen) atoms. The number of piperidine rings is 1. The Labute approximate surface area is 214 Å². The standard InChI is InChI=1S/C27H29ClN4O4/c28-18-9-10-29-21(12-18)17-13-31(14-17)22-3-1-2-4-24(22)36-19-5-6-20-16(11-19)15-32(27(20)35)23-7-8-25(33)30-26(23)34/h5-6,9-12,17,22-24H,1-4,7-8,13-15H2,(H,30,33,34)/t22?,23?,24-/m0/s1. The monoisotopic (exact) mass is 508 g/mol. The van der Waals surface area contributed by atoms with Crippen molar-refractivity contribution in [3.05, 3.63) is 58.4 Å². The van der Waals surface area contributed by atoms with Crippen LogP contribution < -0.4 is 10.1 Å². The van der Waals surface area contributed by atoms with Gasteiger partial charge in [0.05, 0.1) is 0 Å². The molecule has 0 spiro atoms. The highest BCUT2D eigenvalue weighted by Gasteiger charge is 2.41. The third kappa shape index (κ3) is 4.37. The Kier molecular flexibility index (Phi) is 6.17. The molecule has 1 saturated carbocycles. The lowest BCUT2D eigenvalue weighted by Gasteiger charge is -2.48. The van der Waals surface area contributed by atoms with Crippen molar-refractivity contribution in [1.82, 2.24) is 20.1 Å². The predicted octanol–water partition coefficient (Wildman–Crippen LogP) is 3.29. The van der Waals surface area contributed by atoms with Crippen LogP contribution in [-0.4, -0.2) is 63.8 Å². The highest BCUT2D eigenvalue weighted by Crippen LogP contribution is 2.36. The molecule has 8 nitrogen and oxygen atoms in total. The second kappa shape index (κ2) is 9.48. The molecule has 1 aliphatic carbocycles. The molecule has 3 amide bonds. The van der Waals surface area contributed by atoms with Crippen molar-refractivity contribution in [1.29, 1.82) is 0 Å².